The van der Waals surface area contributed by atoms with E-state index in [2.05, 4.69) is 0 Å². The van der Waals surface area contributed by atoms with E-state index in [4.69, 9.17) is 16.4 Å². The van der Waals surface area contributed by atoms with Crippen molar-refractivity contribution in [3.8, 4) is 0 Å². The van der Waals surface area contributed by atoms with E-state index in [1.807, 2.05) is 4.89 Å². The van der Waals surface area contributed by atoms with Crippen molar-refractivity contribution in [1.82, 2.24) is 4.89 Å². The average molecular weight is 216 g/mol. The van der Waals surface area contributed by atoms with Gasteiger partial charge in [-0.2, -0.15) is 0 Å². The van der Waals surface area contributed by atoms with Crippen molar-refractivity contribution < 1.29 is 13.3 Å². The molecule has 0 saturated carbocycles. The van der Waals surface area contributed by atoms with E-state index >= 15 is 0 Å². The Balaban J connectivity index is 3.94. The number of alkyl halides is 1. The minimum absolute atomic E-state index is 0.0584. The van der Waals surface area contributed by atoms with E-state index in [1.54, 1.807) is 20.8 Å². The predicted molar refractivity (Wildman–Crippen MR) is 48.5 cm³/mol. The van der Waals surface area contributed by atoms with Crippen LogP contribution in [0.4, 0.5) is 0 Å². The van der Waals surface area contributed by atoms with E-state index < -0.39 is 15.6 Å². The van der Waals surface area contributed by atoms with Gasteiger partial charge < -0.3 is 0 Å². The van der Waals surface area contributed by atoms with E-state index in [9.17, 15) is 8.42 Å². The number of halogens is 1. The summed E-state index contributed by atoms with van der Waals surface area (Å²) >= 11 is 5.26. The van der Waals surface area contributed by atoms with Gasteiger partial charge in [0.05, 0.1) is 11.4 Å². The van der Waals surface area contributed by atoms with Crippen LogP contribution in [0.3, 0.4) is 0 Å². The zero-order valence-corrected chi connectivity index (χ0v) is 9.00. The Morgan fingerprint density at radius 2 is 1.92 bits per heavy atom. The SMILES string of the molecule is CC(C)(C)ONS(=O)(=O)CCCl. The van der Waals surface area contributed by atoms with Crippen molar-refractivity contribution in [1.29, 1.82) is 0 Å². The molecule has 0 aromatic heterocycles. The van der Waals surface area contributed by atoms with Gasteiger partial charge in [0, 0.05) is 5.88 Å². The van der Waals surface area contributed by atoms with Crippen LogP contribution in [0.5, 0.6) is 0 Å². The summed E-state index contributed by atoms with van der Waals surface area (Å²) in [7, 11) is -3.37. The van der Waals surface area contributed by atoms with Gasteiger partial charge in [-0.15, -0.1) is 11.6 Å². The van der Waals surface area contributed by atoms with Crippen molar-refractivity contribution in [2.45, 2.75) is 26.4 Å². The molecule has 0 aliphatic rings. The highest BCUT2D eigenvalue weighted by Gasteiger charge is 2.16. The van der Waals surface area contributed by atoms with E-state index in [0.29, 0.717) is 0 Å². The molecular formula is C6H14ClNO3S. The van der Waals surface area contributed by atoms with Crippen LogP contribution >= 0.6 is 11.6 Å². The molecule has 0 radical (unpaired) electrons. The summed E-state index contributed by atoms with van der Waals surface area (Å²) in [6, 6.07) is 0. The number of hydrogen-bond acceptors (Lipinski definition) is 3. The second kappa shape index (κ2) is 4.41. The topological polar surface area (TPSA) is 55.4 Å². The fourth-order valence-electron chi connectivity index (χ4n) is 0.332. The van der Waals surface area contributed by atoms with Crippen LogP contribution < -0.4 is 4.89 Å². The molecule has 1 N–H and O–H groups in total. The summed E-state index contributed by atoms with van der Waals surface area (Å²) < 4.78 is 21.9. The number of nitrogens with one attached hydrogen (secondary N) is 1. The fraction of sp³-hybridized carbons (Fsp3) is 1.00. The molecule has 0 heterocycles. The van der Waals surface area contributed by atoms with Gasteiger partial charge in [-0.1, -0.05) is 4.89 Å². The van der Waals surface area contributed by atoms with Gasteiger partial charge in [0.2, 0.25) is 10.0 Å². The van der Waals surface area contributed by atoms with Crippen molar-refractivity contribution in [2.75, 3.05) is 11.6 Å². The molecule has 0 aromatic carbocycles. The third kappa shape index (κ3) is 6.84. The smallest absolute Gasteiger partial charge is 0.234 e. The fourth-order valence-corrected chi connectivity index (χ4v) is 1.60. The van der Waals surface area contributed by atoms with Gasteiger partial charge in [-0.05, 0) is 20.8 Å². The van der Waals surface area contributed by atoms with Crippen molar-refractivity contribution in [3.05, 3.63) is 0 Å². The maximum absolute atomic E-state index is 11.0. The first kappa shape index (κ1) is 12.2. The van der Waals surface area contributed by atoms with Crippen LogP contribution in [0.2, 0.25) is 0 Å². The molecule has 0 saturated heterocycles. The molecule has 0 rings (SSSR count). The second-order valence-corrected chi connectivity index (χ2v) is 5.49. The Morgan fingerprint density at radius 1 is 1.42 bits per heavy atom. The van der Waals surface area contributed by atoms with Gasteiger partial charge in [0.25, 0.3) is 0 Å². The van der Waals surface area contributed by atoms with Gasteiger partial charge in [-0.3, -0.25) is 4.84 Å². The number of hydrogen-bond donors (Lipinski definition) is 1. The lowest BCUT2D eigenvalue weighted by molar-refractivity contribution is -0.0356. The third-order valence-electron chi connectivity index (χ3n) is 0.821. The lowest BCUT2D eigenvalue weighted by Crippen LogP contribution is -2.35. The van der Waals surface area contributed by atoms with Gasteiger partial charge >= 0.3 is 0 Å². The Labute approximate surface area is 78.2 Å². The molecule has 0 spiro atoms. The Morgan fingerprint density at radius 3 is 2.25 bits per heavy atom. The maximum Gasteiger partial charge on any atom is 0.234 e. The molecule has 0 aliphatic heterocycles. The summed E-state index contributed by atoms with van der Waals surface area (Å²) in [5.74, 6) is -0.0759. The Hall–Kier alpha value is 0.160. The zero-order valence-electron chi connectivity index (χ0n) is 7.43. The molecule has 74 valence electrons. The van der Waals surface area contributed by atoms with Crippen LogP contribution in [0.25, 0.3) is 0 Å². The first-order valence-corrected chi connectivity index (χ1v) is 5.69. The van der Waals surface area contributed by atoms with E-state index in [-0.39, 0.29) is 11.6 Å². The molecule has 0 aliphatic carbocycles. The molecule has 0 unspecified atom stereocenters. The molecule has 0 bridgehead atoms. The summed E-state index contributed by atoms with van der Waals surface area (Å²) in [4.78, 5) is 6.84. The molecule has 4 nitrogen and oxygen atoms in total. The Bertz CT molecular complexity index is 219. The van der Waals surface area contributed by atoms with Crippen molar-refractivity contribution in [3.63, 3.8) is 0 Å². The predicted octanol–water partition coefficient (Wildman–Crippen LogP) is 0.875. The molecule has 6 heteroatoms. The zero-order chi connectivity index (χ0) is 9.83. The minimum atomic E-state index is -3.37. The van der Waals surface area contributed by atoms with Crippen molar-refractivity contribution >= 4 is 21.6 Å². The maximum atomic E-state index is 11.0. The van der Waals surface area contributed by atoms with Crippen LogP contribution in [-0.2, 0) is 14.9 Å². The average Bonchev–Trinajstić information content (AvgIpc) is 1.83. The third-order valence-corrected chi connectivity index (χ3v) is 2.31. The van der Waals surface area contributed by atoms with Gasteiger partial charge in [-0.25, -0.2) is 8.42 Å². The van der Waals surface area contributed by atoms with Crippen LogP contribution in [0.15, 0.2) is 0 Å². The molecule has 0 amide bonds. The molecular weight excluding hydrogens is 202 g/mol. The normalized spacial score (nSPS) is 13.3. The summed E-state index contributed by atoms with van der Waals surface area (Å²) in [5.41, 5.74) is -0.528. The van der Waals surface area contributed by atoms with Crippen LogP contribution in [0.1, 0.15) is 20.8 Å². The lowest BCUT2D eigenvalue weighted by atomic mass is 10.2. The van der Waals surface area contributed by atoms with Crippen LogP contribution in [0, 0.1) is 0 Å². The quantitative estimate of drug-likeness (QED) is 0.560. The second-order valence-electron chi connectivity index (χ2n) is 3.31. The van der Waals surface area contributed by atoms with E-state index in [1.165, 1.54) is 0 Å². The highest BCUT2D eigenvalue weighted by molar-refractivity contribution is 7.89. The summed E-state index contributed by atoms with van der Waals surface area (Å²) in [6.45, 7) is 5.24. The standard InChI is InChI=1S/C6H14ClNO3S/c1-6(2,3)11-8-12(9,10)5-4-7/h8H,4-5H2,1-3H3. The molecule has 12 heavy (non-hydrogen) atoms. The largest absolute Gasteiger partial charge is 0.281 e. The molecule has 0 fully saturated rings. The first-order chi connectivity index (χ1) is 5.27. The Kier molecular flexibility index (Phi) is 4.47. The van der Waals surface area contributed by atoms with E-state index in [0.717, 1.165) is 0 Å². The number of rotatable bonds is 4. The molecule has 0 atom stereocenters. The summed E-state index contributed by atoms with van der Waals surface area (Å²) in [5, 5.41) is 0. The van der Waals surface area contributed by atoms with Crippen LogP contribution in [-0.4, -0.2) is 25.7 Å². The van der Waals surface area contributed by atoms with Gasteiger partial charge in [0.15, 0.2) is 0 Å². The van der Waals surface area contributed by atoms with Crippen molar-refractivity contribution in [2.24, 2.45) is 0 Å². The lowest BCUT2D eigenvalue weighted by Gasteiger charge is -2.18. The highest BCUT2D eigenvalue weighted by atomic mass is 35.5. The monoisotopic (exact) mass is 215 g/mol. The minimum Gasteiger partial charge on any atom is -0.281 e. The molecule has 0 aromatic rings. The summed E-state index contributed by atoms with van der Waals surface area (Å²) in [6.07, 6.45) is 0. The van der Waals surface area contributed by atoms with Gasteiger partial charge in [0.1, 0.15) is 0 Å². The highest BCUT2D eigenvalue weighted by Crippen LogP contribution is 2.04. The first-order valence-electron chi connectivity index (χ1n) is 3.50. The number of sulfonamides is 1.